The van der Waals surface area contributed by atoms with E-state index in [2.05, 4.69) is 11.9 Å². The third-order valence-corrected chi connectivity index (χ3v) is 1.53. The van der Waals surface area contributed by atoms with Gasteiger partial charge in [-0.1, -0.05) is 25.8 Å². The number of rotatable bonds is 5. The number of aromatic nitrogens is 1. The van der Waals surface area contributed by atoms with Gasteiger partial charge in [0.05, 0.1) is 6.61 Å². The molecule has 0 aliphatic carbocycles. The van der Waals surface area contributed by atoms with Gasteiger partial charge >= 0.3 is 0 Å². The monoisotopic (exact) mass is 164 g/mol. The van der Waals surface area contributed by atoms with Gasteiger partial charge in [-0.3, -0.25) is 0 Å². The summed E-state index contributed by atoms with van der Waals surface area (Å²) in [7, 11) is 0. The topological polar surface area (TPSA) is 22.1 Å². The molecule has 0 aliphatic rings. The summed E-state index contributed by atoms with van der Waals surface area (Å²) in [5, 5.41) is 0. The van der Waals surface area contributed by atoms with Crippen LogP contribution in [0.3, 0.4) is 0 Å². The van der Waals surface area contributed by atoms with Gasteiger partial charge in [-0.05, 0) is 12.5 Å². The molecule has 0 saturated heterocycles. The highest BCUT2D eigenvalue weighted by Gasteiger charge is 1.91. The second-order valence-electron chi connectivity index (χ2n) is 2.58. The smallest absolute Gasteiger partial charge is 0.213 e. The molecule has 0 unspecified atom stereocenters. The molecule has 0 bridgehead atoms. The number of hydrogen-bond acceptors (Lipinski definition) is 2. The van der Waals surface area contributed by atoms with Gasteiger partial charge in [0.2, 0.25) is 5.88 Å². The van der Waals surface area contributed by atoms with Crippen molar-refractivity contribution in [2.24, 2.45) is 0 Å². The van der Waals surface area contributed by atoms with Gasteiger partial charge in [-0.15, -0.1) is 0 Å². The summed E-state index contributed by atoms with van der Waals surface area (Å²) < 4.78 is 5.37. The molecule has 0 spiro atoms. The molecule has 0 aliphatic heterocycles. The first-order chi connectivity index (χ1) is 5.93. The minimum absolute atomic E-state index is 0.710. The van der Waals surface area contributed by atoms with E-state index in [9.17, 15) is 0 Å². The molecule has 1 heterocycles. The van der Waals surface area contributed by atoms with Crippen LogP contribution in [0.5, 0.6) is 5.88 Å². The van der Waals surface area contributed by atoms with Crippen molar-refractivity contribution in [1.29, 1.82) is 0 Å². The molecule has 0 fully saturated rings. The van der Waals surface area contributed by atoms with Crippen LogP contribution in [0.2, 0.25) is 0 Å². The third kappa shape index (κ3) is 3.37. The molecule has 1 radical (unpaired) electrons. The minimum atomic E-state index is 0.710. The normalized spacial score (nSPS) is 9.75. The van der Waals surface area contributed by atoms with Crippen molar-refractivity contribution >= 4 is 0 Å². The maximum Gasteiger partial charge on any atom is 0.213 e. The molecular weight excluding hydrogens is 150 g/mol. The highest BCUT2D eigenvalue weighted by atomic mass is 16.5. The van der Waals surface area contributed by atoms with Crippen LogP contribution < -0.4 is 4.74 Å². The van der Waals surface area contributed by atoms with Crippen LogP contribution in [0.1, 0.15) is 19.3 Å². The quantitative estimate of drug-likeness (QED) is 0.624. The summed E-state index contributed by atoms with van der Waals surface area (Å²) in [6, 6.07) is 5.66. The van der Waals surface area contributed by atoms with Gasteiger partial charge < -0.3 is 4.74 Å². The fraction of sp³-hybridized carbons (Fsp3) is 0.400. The number of ether oxygens (including phenoxy) is 1. The molecule has 0 saturated carbocycles. The summed E-state index contributed by atoms with van der Waals surface area (Å²) in [6.45, 7) is 4.50. The molecule has 12 heavy (non-hydrogen) atoms. The van der Waals surface area contributed by atoms with Crippen molar-refractivity contribution in [3.63, 3.8) is 0 Å². The Morgan fingerprint density at radius 3 is 2.92 bits per heavy atom. The zero-order valence-corrected chi connectivity index (χ0v) is 7.20. The van der Waals surface area contributed by atoms with Crippen molar-refractivity contribution < 1.29 is 4.74 Å². The lowest BCUT2D eigenvalue weighted by Crippen LogP contribution is -1.97. The van der Waals surface area contributed by atoms with Gasteiger partial charge in [0.25, 0.3) is 0 Å². The summed E-state index contributed by atoms with van der Waals surface area (Å²) in [6.07, 6.45) is 4.88. The van der Waals surface area contributed by atoms with E-state index in [-0.39, 0.29) is 0 Å². The third-order valence-electron chi connectivity index (χ3n) is 1.53. The van der Waals surface area contributed by atoms with Gasteiger partial charge in [0, 0.05) is 12.3 Å². The standard InChI is InChI=1S/C10H14NO/c1-2-3-6-9-12-10-7-4-5-8-11-10/h4-5,7-8H,1-3,6,9H2. The molecule has 0 amide bonds. The number of nitrogens with zero attached hydrogens (tertiary/aromatic N) is 1. The summed E-state index contributed by atoms with van der Waals surface area (Å²) in [5.41, 5.74) is 0. The Hall–Kier alpha value is -1.05. The van der Waals surface area contributed by atoms with E-state index in [4.69, 9.17) is 4.74 Å². The number of hydrogen-bond donors (Lipinski definition) is 0. The molecule has 1 aromatic rings. The second-order valence-corrected chi connectivity index (χ2v) is 2.58. The van der Waals surface area contributed by atoms with E-state index in [1.807, 2.05) is 18.2 Å². The first kappa shape index (κ1) is 9.04. The first-order valence-electron chi connectivity index (χ1n) is 4.26. The maximum atomic E-state index is 5.37. The fourth-order valence-corrected chi connectivity index (χ4v) is 0.888. The Balaban J connectivity index is 2.16. The average Bonchev–Trinajstić information content (AvgIpc) is 2.14. The largest absolute Gasteiger partial charge is 0.478 e. The van der Waals surface area contributed by atoms with Crippen LogP contribution in [0.4, 0.5) is 0 Å². The van der Waals surface area contributed by atoms with Crippen LogP contribution in [0, 0.1) is 6.92 Å². The number of unbranched alkanes of at least 4 members (excludes halogenated alkanes) is 2. The van der Waals surface area contributed by atoms with Gasteiger partial charge in [0.15, 0.2) is 0 Å². The lowest BCUT2D eigenvalue weighted by Gasteiger charge is -2.02. The predicted octanol–water partition coefficient (Wildman–Crippen LogP) is 2.46. The summed E-state index contributed by atoms with van der Waals surface area (Å²) in [4.78, 5) is 4.04. The van der Waals surface area contributed by atoms with Crippen molar-refractivity contribution in [2.75, 3.05) is 6.61 Å². The first-order valence-corrected chi connectivity index (χ1v) is 4.26. The highest BCUT2D eigenvalue weighted by Crippen LogP contribution is 2.04. The molecule has 2 nitrogen and oxygen atoms in total. The molecule has 0 N–H and O–H groups in total. The van der Waals surface area contributed by atoms with Crippen molar-refractivity contribution in [2.45, 2.75) is 19.3 Å². The molecule has 0 atom stereocenters. The Morgan fingerprint density at radius 2 is 2.25 bits per heavy atom. The van der Waals surface area contributed by atoms with Crippen molar-refractivity contribution in [3.8, 4) is 5.88 Å². The second kappa shape index (κ2) is 5.58. The predicted molar refractivity (Wildman–Crippen MR) is 48.9 cm³/mol. The van der Waals surface area contributed by atoms with Crippen LogP contribution in [0.15, 0.2) is 24.4 Å². The lowest BCUT2D eigenvalue weighted by atomic mass is 10.3. The summed E-state index contributed by atoms with van der Waals surface area (Å²) in [5.74, 6) is 0.710. The summed E-state index contributed by atoms with van der Waals surface area (Å²) >= 11 is 0. The van der Waals surface area contributed by atoms with E-state index < -0.39 is 0 Å². The van der Waals surface area contributed by atoms with E-state index in [1.165, 1.54) is 0 Å². The Kier molecular flexibility index (Phi) is 4.21. The van der Waals surface area contributed by atoms with Crippen LogP contribution in [-0.2, 0) is 0 Å². The Bertz CT molecular complexity index is 198. The van der Waals surface area contributed by atoms with Crippen LogP contribution in [-0.4, -0.2) is 11.6 Å². The number of pyridine rings is 1. The molecule has 0 aromatic carbocycles. The zero-order valence-electron chi connectivity index (χ0n) is 7.20. The van der Waals surface area contributed by atoms with Gasteiger partial charge in [-0.2, -0.15) is 0 Å². The van der Waals surface area contributed by atoms with Crippen molar-refractivity contribution in [1.82, 2.24) is 4.98 Å². The zero-order chi connectivity index (χ0) is 8.65. The van der Waals surface area contributed by atoms with E-state index in [0.717, 1.165) is 25.9 Å². The van der Waals surface area contributed by atoms with Crippen LogP contribution >= 0.6 is 0 Å². The molecule has 1 rings (SSSR count). The minimum Gasteiger partial charge on any atom is -0.478 e. The Labute approximate surface area is 73.6 Å². The highest BCUT2D eigenvalue weighted by molar-refractivity contribution is 5.08. The molecule has 1 aromatic heterocycles. The van der Waals surface area contributed by atoms with Gasteiger partial charge in [0.1, 0.15) is 0 Å². The van der Waals surface area contributed by atoms with Crippen molar-refractivity contribution in [3.05, 3.63) is 31.3 Å². The molecule has 65 valence electrons. The Morgan fingerprint density at radius 1 is 1.33 bits per heavy atom. The van der Waals surface area contributed by atoms with E-state index in [1.54, 1.807) is 6.20 Å². The van der Waals surface area contributed by atoms with Gasteiger partial charge in [-0.25, -0.2) is 4.98 Å². The fourth-order valence-electron chi connectivity index (χ4n) is 0.888. The molecular formula is C10H14NO. The lowest BCUT2D eigenvalue weighted by molar-refractivity contribution is 0.296. The van der Waals surface area contributed by atoms with E-state index in [0.29, 0.717) is 5.88 Å². The average molecular weight is 164 g/mol. The van der Waals surface area contributed by atoms with Crippen LogP contribution in [0.25, 0.3) is 0 Å². The SMILES string of the molecule is [CH2]CCCCOc1ccccn1. The molecule has 2 heteroatoms. The maximum absolute atomic E-state index is 5.37. The van der Waals surface area contributed by atoms with E-state index >= 15 is 0 Å².